The van der Waals surface area contributed by atoms with Crippen molar-refractivity contribution >= 4 is 11.7 Å². The molecule has 2 amide bonds. The van der Waals surface area contributed by atoms with Gasteiger partial charge in [0.1, 0.15) is 0 Å². The summed E-state index contributed by atoms with van der Waals surface area (Å²) in [5, 5.41) is 10.4. The van der Waals surface area contributed by atoms with Gasteiger partial charge in [-0.05, 0) is 31.0 Å². The minimum absolute atomic E-state index is 0.0564. The van der Waals surface area contributed by atoms with Crippen molar-refractivity contribution in [2.24, 2.45) is 0 Å². The zero-order valence-corrected chi connectivity index (χ0v) is 16.3. The van der Waals surface area contributed by atoms with Crippen molar-refractivity contribution in [1.82, 2.24) is 20.0 Å². The number of morpholine rings is 1. The molecule has 2 aromatic rings. The number of rotatable bonds is 5. The molecule has 0 spiro atoms. The number of carbonyl (C=O) groups excluding carboxylic acids is 1. The Labute approximate surface area is 166 Å². The lowest BCUT2D eigenvalue weighted by atomic mass is 9.80. The van der Waals surface area contributed by atoms with Crippen molar-refractivity contribution in [2.45, 2.75) is 37.6 Å². The number of ether oxygens (including phenoxy) is 1. The number of carbonyl (C=O) groups is 1. The molecule has 0 unspecified atom stereocenters. The second kappa shape index (κ2) is 8.75. The molecule has 1 saturated heterocycles. The lowest BCUT2D eigenvalue weighted by Crippen LogP contribution is -2.60. The summed E-state index contributed by atoms with van der Waals surface area (Å²) in [6.45, 7) is 4.13. The maximum Gasteiger partial charge on any atom is 0.319 e. The Bertz CT molecular complexity index is 765. The van der Waals surface area contributed by atoms with Gasteiger partial charge in [0.25, 0.3) is 0 Å². The Morgan fingerprint density at radius 1 is 1.11 bits per heavy atom. The Balaban J connectivity index is 1.42. The van der Waals surface area contributed by atoms with Crippen LogP contribution in [0.25, 0.3) is 5.69 Å². The quantitative estimate of drug-likeness (QED) is 0.833. The summed E-state index contributed by atoms with van der Waals surface area (Å²) in [6.07, 6.45) is 9.61. The van der Waals surface area contributed by atoms with Crippen LogP contribution in [0, 0.1) is 0 Å². The topological polar surface area (TPSA) is 71.4 Å². The van der Waals surface area contributed by atoms with Gasteiger partial charge in [-0.2, -0.15) is 5.10 Å². The average molecular weight is 383 g/mol. The van der Waals surface area contributed by atoms with Gasteiger partial charge >= 0.3 is 6.03 Å². The molecule has 7 nitrogen and oxygen atoms in total. The van der Waals surface area contributed by atoms with Crippen LogP contribution in [0.5, 0.6) is 0 Å². The lowest BCUT2D eigenvalue weighted by molar-refractivity contribution is -0.0356. The smallest absolute Gasteiger partial charge is 0.319 e. The third kappa shape index (κ3) is 4.20. The third-order valence-corrected chi connectivity index (χ3v) is 5.95. The summed E-state index contributed by atoms with van der Waals surface area (Å²) < 4.78 is 7.30. The van der Waals surface area contributed by atoms with E-state index in [2.05, 4.69) is 20.6 Å². The van der Waals surface area contributed by atoms with Gasteiger partial charge in [-0.1, -0.05) is 31.4 Å². The van der Waals surface area contributed by atoms with Crippen LogP contribution in [0.15, 0.2) is 42.7 Å². The largest absolute Gasteiger partial charge is 0.379 e. The van der Waals surface area contributed by atoms with Crippen LogP contribution < -0.4 is 10.6 Å². The number of benzene rings is 1. The molecular formula is C21H29N5O2. The first-order valence-electron chi connectivity index (χ1n) is 10.2. The molecule has 0 atom stereocenters. The molecule has 2 aliphatic rings. The van der Waals surface area contributed by atoms with Gasteiger partial charge in [0.05, 0.1) is 24.6 Å². The summed E-state index contributed by atoms with van der Waals surface area (Å²) >= 11 is 0. The number of amides is 2. The van der Waals surface area contributed by atoms with Crippen molar-refractivity contribution in [3.8, 4) is 5.69 Å². The number of hydrogen-bond acceptors (Lipinski definition) is 4. The molecule has 2 fully saturated rings. The molecule has 1 aliphatic carbocycles. The Morgan fingerprint density at radius 2 is 1.89 bits per heavy atom. The van der Waals surface area contributed by atoms with E-state index in [4.69, 9.17) is 4.74 Å². The van der Waals surface area contributed by atoms with E-state index in [0.717, 1.165) is 50.5 Å². The van der Waals surface area contributed by atoms with Gasteiger partial charge in [-0.25, -0.2) is 9.48 Å². The highest BCUT2D eigenvalue weighted by Crippen LogP contribution is 2.34. The summed E-state index contributed by atoms with van der Waals surface area (Å²) in [4.78, 5) is 15.2. The molecule has 1 aromatic carbocycles. The second-order valence-electron chi connectivity index (χ2n) is 7.66. The van der Waals surface area contributed by atoms with Crippen LogP contribution in [-0.4, -0.2) is 59.1 Å². The number of urea groups is 1. The van der Waals surface area contributed by atoms with Crippen LogP contribution in [-0.2, 0) is 4.74 Å². The lowest BCUT2D eigenvalue weighted by Gasteiger charge is -2.48. The van der Waals surface area contributed by atoms with E-state index in [1.807, 2.05) is 36.5 Å². The fourth-order valence-corrected chi connectivity index (χ4v) is 4.45. The first-order valence-corrected chi connectivity index (χ1v) is 10.2. The molecule has 2 heterocycles. The van der Waals surface area contributed by atoms with Crippen molar-refractivity contribution in [3.63, 3.8) is 0 Å². The van der Waals surface area contributed by atoms with E-state index in [0.29, 0.717) is 6.54 Å². The average Bonchev–Trinajstić information content (AvgIpc) is 3.29. The van der Waals surface area contributed by atoms with E-state index in [1.165, 1.54) is 19.3 Å². The summed E-state index contributed by atoms with van der Waals surface area (Å²) in [5.74, 6) is 0. The van der Waals surface area contributed by atoms with Gasteiger partial charge < -0.3 is 15.4 Å². The standard InChI is InChI=1S/C21H29N5O2/c27-20(24-18-7-2-3-8-19(18)26-12-6-11-23-26)22-17-21(9-4-1-5-10-21)25-13-15-28-16-14-25/h2-3,6-8,11-12H,1,4-5,9-10,13-17H2,(H2,22,24,27). The molecule has 1 saturated carbocycles. The predicted molar refractivity (Wildman–Crippen MR) is 109 cm³/mol. The van der Waals surface area contributed by atoms with Crippen molar-refractivity contribution in [1.29, 1.82) is 0 Å². The van der Waals surface area contributed by atoms with E-state index >= 15 is 0 Å². The zero-order valence-electron chi connectivity index (χ0n) is 16.3. The highest BCUT2D eigenvalue weighted by atomic mass is 16.5. The van der Waals surface area contributed by atoms with E-state index < -0.39 is 0 Å². The van der Waals surface area contributed by atoms with E-state index in [1.54, 1.807) is 10.9 Å². The molecule has 28 heavy (non-hydrogen) atoms. The van der Waals surface area contributed by atoms with Crippen LogP contribution in [0.2, 0.25) is 0 Å². The van der Waals surface area contributed by atoms with Crippen LogP contribution in [0.3, 0.4) is 0 Å². The maximum atomic E-state index is 12.7. The fraction of sp³-hybridized carbons (Fsp3) is 0.524. The minimum atomic E-state index is -0.169. The van der Waals surface area contributed by atoms with Crippen LogP contribution in [0.4, 0.5) is 10.5 Å². The van der Waals surface area contributed by atoms with Crippen LogP contribution >= 0.6 is 0 Å². The molecule has 7 heteroatoms. The molecule has 1 aliphatic heterocycles. The number of nitrogens with zero attached hydrogens (tertiary/aromatic N) is 3. The van der Waals surface area contributed by atoms with Crippen molar-refractivity contribution in [2.75, 3.05) is 38.2 Å². The van der Waals surface area contributed by atoms with Gasteiger partial charge in [-0.15, -0.1) is 0 Å². The highest BCUT2D eigenvalue weighted by Gasteiger charge is 2.38. The first kappa shape index (κ1) is 19.0. The molecule has 0 bridgehead atoms. The third-order valence-electron chi connectivity index (χ3n) is 5.95. The number of hydrogen-bond donors (Lipinski definition) is 2. The van der Waals surface area contributed by atoms with Crippen molar-refractivity contribution in [3.05, 3.63) is 42.7 Å². The molecule has 4 rings (SSSR count). The van der Waals surface area contributed by atoms with Gasteiger partial charge in [-0.3, -0.25) is 4.90 Å². The van der Waals surface area contributed by atoms with Gasteiger partial charge in [0, 0.05) is 37.6 Å². The Morgan fingerprint density at radius 3 is 2.64 bits per heavy atom. The zero-order chi connectivity index (χ0) is 19.2. The molecule has 0 radical (unpaired) electrons. The first-order chi connectivity index (χ1) is 13.8. The normalized spacial score (nSPS) is 19.9. The fourth-order valence-electron chi connectivity index (χ4n) is 4.45. The number of aromatic nitrogens is 2. The van der Waals surface area contributed by atoms with E-state index in [9.17, 15) is 4.79 Å². The Hall–Kier alpha value is -2.38. The summed E-state index contributed by atoms with van der Waals surface area (Å²) in [6, 6.07) is 9.40. The van der Waals surface area contributed by atoms with Crippen LogP contribution in [0.1, 0.15) is 32.1 Å². The minimum Gasteiger partial charge on any atom is -0.379 e. The maximum absolute atomic E-state index is 12.7. The summed E-state index contributed by atoms with van der Waals surface area (Å²) in [7, 11) is 0. The Kier molecular flexibility index (Phi) is 5.92. The SMILES string of the molecule is O=C(NCC1(N2CCOCC2)CCCCC1)Nc1ccccc1-n1cccn1. The predicted octanol–water partition coefficient (Wildman–Crippen LogP) is 3.03. The summed E-state index contributed by atoms with van der Waals surface area (Å²) in [5.41, 5.74) is 1.65. The van der Waals surface area contributed by atoms with Crippen molar-refractivity contribution < 1.29 is 9.53 Å². The molecule has 150 valence electrons. The molecular weight excluding hydrogens is 354 g/mol. The molecule has 1 aromatic heterocycles. The number of para-hydroxylation sites is 2. The highest BCUT2D eigenvalue weighted by molar-refractivity contribution is 5.91. The van der Waals surface area contributed by atoms with Gasteiger partial charge in [0.15, 0.2) is 0 Å². The number of nitrogens with one attached hydrogen (secondary N) is 2. The van der Waals surface area contributed by atoms with Gasteiger partial charge in [0.2, 0.25) is 0 Å². The number of anilines is 1. The molecule has 2 N–H and O–H groups in total. The second-order valence-corrected chi connectivity index (χ2v) is 7.66. The van der Waals surface area contributed by atoms with E-state index in [-0.39, 0.29) is 11.6 Å². The monoisotopic (exact) mass is 383 g/mol.